The molecule has 0 saturated heterocycles. The minimum absolute atomic E-state index is 0.0313. The Hall–Kier alpha value is -1.88. The SMILES string of the molecule is COc1cccc(SCc2ccc(C(=O)O)o2)c1. The monoisotopic (exact) mass is 264 g/mol. The molecule has 0 unspecified atom stereocenters. The fourth-order valence-corrected chi connectivity index (χ4v) is 2.25. The van der Waals surface area contributed by atoms with E-state index >= 15 is 0 Å². The molecule has 1 N–H and O–H groups in total. The lowest BCUT2D eigenvalue weighted by Gasteiger charge is -2.02. The van der Waals surface area contributed by atoms with Crippen molar-refractivity contribution >= 4 is 17.7 Å². The highest BCUT2D eigenvalue weighted by molar-refractivity contribution is 7.98. The number of benzene rings is 1. The third kappa shape index (κ3) is 3.07. The minimum Gasteiger partial charge on any atom is -0.497 e. The Morgan fingerprint density at radius 2 is 2.22 bits per heavy atom. The van der Waals surface area contributed by atoms with Gasteiger partial charge in [0.05, 0.1) is 12.9 Å². The molecule has 1 heterocycles. The van der Waals surface area contributed by atoms with Crippen LogP contribution in [0.25, 0.3) is 0 Å². The first kappa shape index (κ1) is 12.6. The number of methoxy groups -OCH3 is 1. The zero-order valence-electron chi connectivity index (χ0n) is 9.75. The van der Waals surface area contributed by atoms with Gasteiger partial charge in [0.25, 0.3) is 0 Å². The molecular weight excluding hydrogens is 252 g/mol. The number of hydrogen-bond acceptors (Lipinski definition) is 4. The molecule has 0 aliphatic carbocycles. The predicted octanol–water partition coefficient (Wildman–Crippen LogP) is 3.28. The zero-order chi connectivity index (χ0) is 13.0. The van der Waals surface area contributed by atoms with E-state index in [1.54, 1.807) is 24.9 Å². The lowest BCUT2D eigenvalue weighted by atomic mass is 10.3. The smallest absolute Gasteiger partial charge is 0.371 e. The van der Waals surface area contributed by atoms with Crippen molar-refractivity contribution in [1.82, 2.24) is 0 Å². The summed E-state index contributed by atoms with van der Waals surface area (Å²) in [7, 11) is 1.62. The highest BCUT2D eigenvalue weighted by atomic mass is 32.2. The fourth-order valence-electron chi connectivity index (χ4n) is 1.42. The van der Waals surface area contributed by atoms with Crippen LogP contribution in [-0.4, -0.2) is 18.2 Å². The number of rotatable bonds is 5. The molecule has 0 spiro atoms. The number of ether oxygens (including phenoxy) is 1. The molecule has 0 radical (unpaired) electrons. The number of furan rings is 1. The highest BCUT2D eigenvalue weighted by Gasteiger charge is 2.09. The van der Waals surface area contributed by atoms with Crippen LogP contribution in [0, 0.1) is 0 Å². The van der Waals surface area contributed by atoms with Gasteiger partial charge in [-0.05, 0) is 30.3 Å². The standard InChI is InChI=1S/C13H12O4S/c1-16-9-3-2-4-11(7-9)18-8-10-5-6-12(17-10)13(14)15/h2-7H,8H2,1H3,(H,14,15). The summed E-state index contributed by atoms with van der Waals surface area (Å²) in [6.07, 6.45) is 0. The third-order valence-corrected chi connectivity index (χ3v) is 3.31. The Morgan fingerprint density at radius 3 is 2.89 bits per heavy atom. The molecule has 2 aromatic rings. The number of carbonyl (C=O) groups is 1. The molecule has 0 fully saturated rings. The van der Waals surface area contributed by atoms with E-state index in [0.29, 0.717) is 11.5 Å². The molecule has 0 aliphatic rings. The maximum absolute atomic E-state index is 10.7. The number of thioether (sulfide) groups is 1. The average Bonchev–Trinajstić information content (AvgIpc) is 2.85. The summed E-state index contributed by atoms with van der Waals surface area (Å²) in [5, 5.41) is 8.73. The van der Waals surface area contributed by atoms with E-state index in [1.807, 2.05) is 24.3 Å². The van der Waals surface area contributed by atoms with Gasteiger partial charge in [-0.25, -0.2) is 4.79 Å². The second-order valence-corrected chi connectivity index (χ2v) is 4.59. The topological polar surface area (TPSA) is 59.7 Å². The van der Waals surface area contributed by atoms with Crippen molar-refractivity contribution in [3.05, 3.63) is 47.9 Å². The van der Waals surface area contributed by atoms with Crippen LogP contribution in [0.2, 0.25) is 0 Å². The molecule has 5 heteroatoms. The molecule has 2 rings (SSSR count). The van der Waals surface area contributed by atoms with Gasteiger partial charge in [-0.3, -0.25) is 0 Å². The van der Waals surface area contributed by atoms with Gasteiger partial charge in [0, 0.05) is 4.90 Å². The van der Waals surface area contributed by atoms with E-state index in [-0.39, 0.29) is 5.76 Å². The van der Waals surface area contributed by atoms with Crippen molar-refractivity contribution in [2.75, 3.05) is 7.11 Å². The number of carboxylic acid groups (broad SMARTS) is 1. The van der Waals surface area contributed by atoms with E-state index in [0.717, 1.165) is 10.6 Å². The van der Waals surface area contributed by atoms with Gasteiger partial charge in [0.2, 0.25) is 5.76 Å². The molecule has 4 nitrogen and oxygen atoms in total. The summed E-state index contributed by atoms with van der Waals surface area (Å²) >= 11 is 1.56. The van der Waals surface area contributed by atoms with Crippen LogP contribution >= 0.6 is 11.8 Å². The van der Waals surface area contributed by atoms with Crippen LogP contribution in [0.5, 0.6) is 5.75 Å². The van der Waals surface area contributed by atoms with Gasteiger partial charge < -0.3 is 14.3 Å². The summed E-state index contributed by atoms with van der Waals surface area (Å²) in [4.78, 5) is 11.7. The first-order valence-electron chi connectivity index (χ1n) is 5.28. The van der Waals surface area contributed by atoms with Gasteiger partial charge in [0.15, 0.2) is 0 Å². The molecule has 0 amide bonds. The lowest BCUT2D eigenvalue weighted by molar-refractivity contribution is 0.0661. The summed E-state index contributed by atoms with van der Waals surface area (Å²) in [5.74, 6) is 0.940. The van der Waals surface area contributed by atoms with Crippen molar-refractivity contribution in [2.24, 2.45) is 0 Å². The summed E-state index contributed by atoms with van der Waals surface area (Å²) in [6.45, 7) is 0. The summed E-state index contributed by atoms with van der Waals surface area (Å²) < 4.78 is 10.3. The van der Waals surface area contributed by atoms with Gasteiger partial charge >= 0.3 is 5.97 Å². The van der Waals surface area contributed by atoms with E-state index < -0.39 is 5.97 Å². The molecule has 0 saturated carbocycles. The molecule has 1 aromatic heterocycles. The van der Waals surface area contributed by atoms with Crippen LogP contribution in [0.1, 0.15) is 16.3 Å². The van der Waals surface area contributed by atoms with Gasteiger partial charge in [0.1, 0.15) is 11.5 Å². The average molecular weight is 264 g/mol. The predicted molar refractivity (Wildman–Crippen MR) is 68.2 cm³/mol. The van der Waals surface area contributed by atoms with Crippen molar-refractivity contribution in [2.45, 2.75) is 10.6 Å². The Kier molecular flexibility index (Phi) is 3.94. The second-order valence-electron chi connectivity index (χ2n) is 3.54. The molecule has 18 heavy (non-hydrogen) atoms. The van der Waals surface area contributed by atoms with Crippen LogP contribution in [0.4, 0.5) is 0 Å². The summed E-state index contributed by atoms with van der Waals surface area (Å²) in [5.41, 5.74) is 0. The van der Waals surface area contributed by atoms with Crippen LogP contribution in [0.15, 0.2) is 45.7 Å². The Balaban J connectivity index is 1.99. The third-order valence-electron chi connectivity index (χ3n) is 2.29. The molecule has 1 aromatic carbocycles. The van der Waals surface area contributed by atoms with Crippen LogP contribution < -0.4 is 4.74 Å². The number of carboxylic acids is 1. The molecule has 0 bridgehead atoms. The first-order chi connectivity index (χ1) is 8.69. The largest absolute Gasteiger partial charge is 0.497 e. The highest BCUT2D eigenvalue weighted by Crippen LogP contribution is 2.26. The minimum atomic E-state index is -1.05. The van der Waals surface area contributed by atoms with Gasteiger partial charge in [-0.1, -0.05) is 6.07 Å². The van der Waals surface area contributed by atoms with Crippen molar-refractivity contribution < 1.29 is 19.1 Å². The van der Waals surface area contributed by atoms with E-state index in [1.165, 1.54) is 6.07 Å². The van der Waals surface area contributed by atoms with Crippen molar-refractivity contribution in [3.8, 4) is 5.75 Å². The Morgan fingerprint density at radius 1 is 1.39 bits per heavy atom. The molecular formula is C13H12O4S. The molecule has 94 valence electrons. The quantitative estimate of drug-likeness (QED) is 0.840. The summed E-state index contributed by atoms with van der Waals surface area (Å²) in [6, 6.07) is 10.8. The fraction of sp³-hybridized carbons (Fsp3) is 0.154. The van der Waals surface area contributed by atoms with E-state index in [2.05, 4.69) is 0 Å². The van der Waals surface area contributed by atoms with Gasteiger partial charge in [-0.15, -0.1) is 11.8 Å². The number of aromatic carboxylic acids is 1. The second kappa shape index (κ2) is 5.64. The Labute approximate surface area is 109 Å². The maximum Gasteiger partial charge on any atom is 0.371 e. The van der Waals surface area contributed by atoms with Crippen molar-refractivity contribution in [3.63, 3.8) is 0 Å². The van der Waals surface area contributed by atoms with Crippen molar-refractivity contribution in [1.29, 1.82) is 0 Å². The lowest BCUT2D eigenvalue weighted by Crippen LogP contribution is -1.91. The van der Waals surface area contributed by atoms with E-state index in [9.17, 15) is 4.79 Å². The number of hydrogen-bond donors (Lipinski definition) is 1. The zero-order valence-corrected chi connectivity index (χ0v) is 10.6. The Bertz CT molecular complexity index is 547. The normalized spacial score (nSPS) is 10.3. The maximum atomic E-state index is 10.7. The first-order valence-corrected chi connectivity index (χ1v) is 6.26. The van der Waals surface area contributed by atoms with E-state index in [4.69, 9.17) is 14.3 Å². The van der Waals surface area contributed by atoms with Gasteiger partial charge in [-0.2, -0.15) is 0 Å². The van der Waals surface area contributed by atoms with Crippen LogP contribution in [-0.2, 0) is 5.75 Å². The molecule has 0 atom stereocenters. The van der Waals surface area contributed by atoms with Crippen LogP contribution in [0.3, 0.4) is 0 Å². The molecule has 0 aliphatic heterocycles.